The monoisotopic (exact) mass is 403 g/mol. The molecule has 2 rings (SSSR count). The lowest BCUT2D eigenvalue weighted by Gasteiger charge is -2.23. The van der Waals surface area contributed by atoms with Crippen LogP contribution in [0.25, 0.3) is 0 Å². The average Bonchev–Trinajstić information content (AvgIpc) is 2.62. The lowest BCUT2D eigenvalue weighted by atomic mass is 10.1. The van der Waals surface area contributed by atoms with Gasteiger partial charge in [0.15, 0.2) is 0 Å². The molecule has 0 aliphatic heterocycles. The van der Waals surface area contributed by atoms with Crippen LogP contribution in [0.2, 0.25) is 0 Å². The van der Waals surface area contributed by atoms with Crippen LogP contribution in [0.1, 0.15) is 17.5 Å². The van der Waals surface area contributed by atoms with E-state index in [0.717, 1.165) is 40.3 Å². The molecule has 0 fully saturated rings. The van der Waals surface area contributed by atoms with Crippen molar-refractivity contribution >= 4 is 27.3 Å². The van der Waals surface area contributed by atoms with Crippen LogP contribution in [0.5, 0.6) is 0 Å². The highest BCUT2D eigenvalue weighted by Crippen LogP contribution is 2.21. The van der Waals surface area contributed by atoms with E-state index in [1.54, 1.807) is 12.1 Å². The Morgan fingerprint density at radius 1 is 1.00 bits per heavy atom. The van der Waals surface area contributed by atoms with Gasteiger partial charge in [-0.1, -0.05) is 24.3 Å². The smallest absolute Gasteiger partial charge is 0.240 e. The summed E-state index contributed by atoms with van der Waals surface area (Å²) in [5.74, 6) is -0.313. The van der Waals surface area contributed by atoms with Crippen LogP contribution in [-0.2, 0) is 14.8 Å². The third-order valence-corrected chi connectivity index (χ3v) is 5.51. The van der Waals surface area contributed by atoms with Crippen LogP contribution in [0, 0.1) is 13.8 Å². The molecular formula is C21H29N3O3S. The normalized spacial score (nSPS) is 11.1. The largest absolute Gasteiger partial charge is 0.375 e. The van der Waals surface area contributed by atoms with Crippen LogP contribution in [0.4, 0.5) is 11.4 Å². The first kappa shape index (κ1) is 21.8. The summed E-state index contributed by atoms with van der Waals surface area (Å²) in [4.78, 5) is 14.4. The number of carbonyl (C=O) groups is 1. The summed E-state index contributed by atoms with van der Waals surface area (Å²) in [5, 5.41) is 2.82. The van der Waals surface area contributed by atoms with E-state index < -0.39 is 10.0 Å². The van der Waals surface area contributed by atoms with Crippen molar-refractivity contribution in [3.8, 4) is 0 Å². The molecule has 0 heterocycles. The number of aryl methyl sites for hydroxylation is 2. The van der Waals surface area contributed by atoms with Crippen LogP contribution in [-0.4, -0.2) is 47.3 Å². The number of rotatable bonds is 9. The van der Waals surface area contributed by atoms with E-state index in [0.29, 0.717) is 12.2 Å². The molecule has 6 nitrogen and oxygen atoms in total. The molecule has 0 unspecified atom stereocenters. The molecule has 28 heavy (non-hydrogen) atoms. The maximum absolute atomic E-state index is 12.3. The summed E-state index contributed by atoms with van der Waals surface area (Å²) in [6.07, 6.45) is 1.88. The molecular weight excluding hydrogens is 374 g/mol. The highest BCUT2D eigenvalue weighted by molar-refractivity contribution is 7.92. The second-order valence-electron chi connectivity index (χ2n) is 7.08. The number of nitrogens with one attached hydrogen (secondary N) is 1. The van der Waals surface area contributed by atoms with Gasteiger partial charge in [-0.3, -0.25) is 9.10 Å². The standard InChI is InChI=1S/C21H29N3O3S/c1-17-13-18(2)15-20(14-17)24(28(4,26)27)16-21(25)22-11-8-12-23(3)19-9-6-5-7-10-19/h5-7,9-10,13-15H,8,11-12,16H2,1-4H3,(H,22,25). The molecule has 0 bridgehead atoms. The SMILES string of the molecule is Cc1cc(C)cc(N(CC(=O)NCCCN(C)c2ccccc2)S(C)(=O)=O)c1. The summed E-state index contributed by atoms with van der Waals surface area (Å²) in [6, 6.07) is 15.5. The summed E-state index contributed by atoms with van der Waals surface area (Å²) < 4.78 is 25.6. The van der Waals surface area contributed by atoms with Gasteiger partial charge in [0.25, 0.3) is 0 Å². The van der Waals surface area contributed by atoms with Crippen molar-refractivity contribution in [2.75, 3.05) is 42.1 Å². The van der Waals surface area contributed by atoms with Crippen molar-refractivity contribution in [1.82, 2.24) is 5.32 Å². The Kier molecular flexibility index (Phi) is 7.45. The van der Waals surface area contributed by atoms with Gasteiger partial charge in [0.1, 0.15) is 6.54 Å². The van der Waals surface area contributed by atoms with Crippen LogP contribution < -0.4 is 14.5 Å². The van der Waals surface area contributed by atoms with Crippen LogP contribution in [0.3, 0.4) is 0 Å². The van der Waals surface area contributed by atoms with Crippen molar-refractivity contribution in [3.05, 3.63) is 59.7 Å². The van der Waals surface area contributed by atoms with Crippen molar-refractivity contribution in [2.24, 2.45) is 0 Å². The highest BCUT2D eigenvalue weighted by atomic mass is 32.2. The summed E-state index contributed by atoms with van der Waals surface area (Å²) >= 11 is 0. The van der Waals surface area contributed by atoms with Crippen molar-refractivity contribution < 1.29 is 13.2 Å². The van der Waals surface area contributed by atoms with Gasteiger partial charge >= 0.3 is 0 Å². The second kappa shape index (κ2) is 9.59. The Labute approximate surface area is 168 Å². The Hall–Kier alpha value is -2.54. The molecule has 7 heteroatoms. The van der Waals surface area contributed by atoms with E-state index in [4.69, 9.17) is 0 Å². The van der Waals surface area contributed by atoms with E-state index in [9.17, 15) is 13.2 Å². The van der Waals surface area contributed by atoms with Gasteiger partial charge in [0.2, 0.25) is 15.9 Å². The summed E-state index contributed by atoms with van der Waals surface area (Å²) in [5.41, 5.74) is 3.53. The number of anilines is 2. The van der Waals surface area contributed by atoms with Crippen molar-refractivity contribution in [3.63, 3.8) is 0 Å². The van der Waals surface area contributed by atoms with E-state index in [1.807, 2.05) is 57.3 Å². The number of nitrogens with zero attached hydrogens (tertiary/aromatic N) is 2. The maximum Gasteiger partial charge on any atom is 0.240 e. The van der Waals surface area contributed by atoms with Gasteiger partial charge < -0.3 is 10.2 Å². The molecule has 0 spiro atoms. The van der Waals surface area contributed by atoms with Gasteiger partial charge in [0.05, 0.1) is 11.9 Å². The minimum Gasteiger partial charge on any atom is -0.375 e. The Morgan fingerprint density at radius 2 is 1.61 bits per heavy atom. The lowest BCUT2D eigenvalue weighted by molar-refractivity contribution is -0.119. The first-order valence-corrected chi connectivity index (χ1v) is 11.1. The van der Waals surface area contributed by atoms with Crippen LogP contribution >= 0.6 is 0 Å². The zero-order valence-electron chi connectivity index (χ0n) is 17.0. The zero-order chi connectivity index (χ0) is 20.7. The molecule has 152 valence electrons. The molecule has 2 aromatic rings. The minimum absolute atomic E-state index is 0.226. The predicted octanol–water partition coefficient (Wildman–Crippen LogP) is 2.71. The number of sulfonamides is 1. The first-order chi connectivity index (χ1) is 13.2. The van der Waals surface area contributed by atoms with Gasteiger partial charge in [-0.25, -0.2) is 8.42 Å². The molecule has 2 aromatic carbocycles. The molecule has 0 aliphatic carbocycles. The van der Waals surface area contributed by atoms with Crippen molar-refractivity contribution in [1.29, 1.82) is 0 Å². The Morgan fingerprint density at radius 3 is 2.18 bits per heavy atom. The quantitative estimate of drug-likeness (QED) is 0.654. The third-order valence-electron chi connectivity index (χ3n) is 4.37. The van der Waals surface area contributed by atoms with E-state index >= 15 is 0 Å². The molecule has 0 radical (unpaired) electrons. The number of amides is 1. The van der Waals surface area contributed by atoms with Gasteiger partial charge in [-0.05, 0) is 55.7 Å². The Bertz CT molecular complexity index is 878. The predicted molar refractivity (Wildman–Crippen MR) is 115 cm³/mol. The van der Waals surface area contributed by atoms with E-state index in [2.05, 4.69) is 10.2 Å². The molecule has 1 N–H and O–H groups in total. The number of benzene rings is 2. The van der Waals surface area contributed by atoms with Gasteiger partial charge in [-0.2, -0.15) is 0 Å². The minimum atomic E-state index is -3.56. The third kappa shape index (κ3) is 6.56. The number of para-hydroxylation sites is 1. The zero-order valence-corrected chi connectivity index (χ0v) is 17.8. The average molecular weight is 404 g/mol. The summed E-state index contributed by atoms with van der Waals surface area (Å²) in [6.45, 7) is 4.86. The molecule has 1 amide bonds. The highest BCUT2D eigenvalue weighted by Gasteiger charge is 2.21. The molecule has 0 atom stereocenters. The first-order valence-electron chi connectivity index (χ1n) is 9.26. The molecule has 0 saturated carbocycles. The number of hydrogen-bond acceptors (Lipinski definition) is 4. The number of hydrogen-bond donors (Lipinski definition) is 1. The van der Waals surface area contributed by atoms with Gasteiger partial charge in [-0.15, -0.1) is 0 Å². The van der Waals surface area contributed by atoms with Crippen molar-refractivity contribution in [2.45, 2.75) is 20.3 Å². The van der Waals surface area contributed by atoms with Gasteiger partial charge in [0, 0.05) is 25.8 Å². The topological polar surface area (TPSA) is 69.7 Å². The second-order valence-corrected chi connectivity index (χ2v) is 8.98. The fraction of sp³-hybridized carbons (Fsp3) is 0.381. The van der Waals surface area contributed by atoms with Crippen LogP contribution in [0.15, 0.2) is 48.5 Å². The molecule has 0 saturated heterocycles. The molecule has 0 aliphatic rings. The fourth-order valence-electron chi connectivity index (χ4n) is 3.04. The fourth-order valence-corrected chi connectivity index (χ4v) is 3.88. The lowest BCUT2D eigenvalue weighted by Crippen LogP contribution is -2.41. The van der Waals surface area contributed by atoms with E-state index in [1.165, 1.54) is 0 Å². The summed E-state index contributed by atoms with van der Waals surface area (Å²) in [7, 11) is -1.56. The Balaban J connectivity index is 1.90. The van der Waals surface area contributed by atoms with E-state index in [-0.39, 0.29) is 12.5 Å². The molecule has 0 aromatic heterocycles. The number of carbonyl (C=O) groups excluding carboxylic acids is 1. The maximum atomic E-state index is 12.3.